The minimum absolute atomic E-state index is 0.0613. The zero-order valence-corrected chi connectivity index (χ0v) is 48.7. The Hall–Kier alpha value is -8.74. The molecule has 0 N–H and O–H groups in total. The van der Waals surface area contributed by atoms with E-state index < -0.39 is 5.41 Å². The zero-order chi connectivity index (χ0) is 56.1. The topological polar surface area (TPSA) is 36.0 Å². The molecule has 1 fully saturated rings. The predicted molar refractivity (Wildman–Crippen MR) is 347 cm³/mol. The fourth-order valence-electron chi connectivity index (χ4n) is 16.9. The molecule has 5 nitrogen and oxygen atoms in total. The Labute approximate surface area is 486 Å². The summed E-state index contributed by atoms with van der Waals surface area (Å²) in [5, 5.41) is 4.50. The van der Waals surface area contributed by atoms with Crippen molar-refractivity contribution in [2.24, 2.45) is 0 Å². The first-order valence-corrected chi connectivity index (χ1v) is 30.2. The SMILES string of the molecule is CC(C)(C)c1cccc2c1oc1c(N3c4cc(N5c6ccccc6C6(C)CCCCC56C)cc5c4B4c6c3cccc6C(c3ccccc3)(c3ccccc3)c3cccc(c34)N5c3cccc4c3oc3c(C(C)(C)C)cccc34)cccc12. The summed E-state index contributed by atoms with van der Waals surface area (Å²) in [5.41, 5.74) is 24.4. The van der Waals surface area contributed by atoms with Gasteiger partial charge in [0.2, 0.25) is 0 Å². The number of hydrogen-bond donors (Lipinski definition) is 0. The molecule has 1 saturated carbocycles. The molecule has 2 unspecified atom stereocenters. The van der Waals surface area contributed by atoms with E-state index in [1.165, 1.54) is 90.9 Å². The first-order valence-electron chi connectivity index (χ1n) is 30.2. The van der Waals surface area contributed by atoms with Crippen molar-refractivity contribution in [3.63, 3.8) is 0 Å². The van der Waals surface area contributed by atoms with E-state index in [1.807, 2.05) is 0 Å². The van der Waals surface area contributed by atoms with Crippen LogP contribution in [0.5, 0.6) is 0 Å². The van der Waals surface area contributed by atoms with Crippen molar-refractivity contribution in [2.45, 2.75) is 108 Å². The largest absolute Gasteiger partial charge is 0.454 e. The molecule has 0 saturated heterocycles. The molecule has 4 aliphatic heterocycles. The quantitative estimate of drug-likeness (QED) is 0.161. The summed E-state index contributed by atoms with van der Waals surface area (Å²) in [5.74, 6) is 0. The fraction of sp³-hybridized carbons (Fsp3) is 0.221. The van der Waals surface area contributed by atoms with Gasteiger partial charge in [-0.15, -0.1) is 0 Å². The van der Waals surface area contributed by atoms with Gasteiger partial charge < -0.3 is 23.5 Å². The van der Waals surface area contributed by atoms with Gasteiger partial charge in [0, 0.05) is 72.2 Å². The molecule has 10 aromatic carbocycles. The van der Waals surface area contributed by atoms with E-state index in [2.05, 4.69) is 276 Å². The summed E-state index contributed by atoms with van der Waals surface area (Å²) >= 11 is 0. The van der Waals surface area contributed by atoms with Crippen molar-refractivity contribution in [2.75, 3.05) is 14.7 Å². The first kappa shape index (κ1) is 48.9. The van der Waals surface area contributed by atoms with Crippen molar-refractivity contribution < 1.29 is 8.83 Å². The van der Waals surface area contributed by atoms with Crippen molar-refractivity contribution in [3.05, 3.63) is 245 Å². The van der Waals surface area contributed by atoms with Gasteiger partial charge in [-0.3, -0.25) is 0 Å². The number of benzene rings is 10. The second-order valence-electron chi connectivity index (χ2n) is 27.0. The van der Waals surface area contributed by atoms with Crippen LogP contribution in [-0.4, -0.2) is 12.3 Å². The zero-order valence-electron chi connectivity index (χ0n) is 48.7. The van der Waals surface area contributed by atoms with Crippen LogP contribution in [0.25, 0.3) is 43.9 Å². The molecule has 5 aliphatic rings. The first-order chi connectivity index (χ1) is 40.2. The highest BCUT2D eigenvalue weighted by molar-refractivity contribution is 7.01. The number of fused-ring (bicyclic) bond motifs is 9. The molecule has 12 aromatic rings. The Balaban J connectivity index is 1.06. The van der Waals surface area contributed by atoms with Crippen LogP contribution in [-0.2, 0) is 21.7 Å². The minimum Gasteiger partial charge on any atom is -0.454 e. The van der Waals surface area contributed by atoms with Crippen molar-refractivity contribution in [1.82, 2.24) is 0 Å². The Morgan fingerprint density at radius 2 is 0.795 bits per heavy atom. The molecular weight excluding hydrogens is 1010 g/mol. The van der Waals surface area contributed by atoms with Crippen LogP contribution in [0, 0.1) is 0 Å². The normalized spacial score (nSPS) is 19.2. The van der Waals surface area contributed by atoms with Gasteiger partial charge in [0.1, 0.15) is 11.2 Å². The molecule has 1 aliphatic carbocycles. The molecule has 404 valence electrons. The van der Waals surface area contributed by atoms with Crippen LogP contribution in [0.15, 0.2) is 215 Å². The van der Waals surface area contributed by atoms with E-state index in [-0.39, 0.29) is 28.5 Å². The van der Waals surface area contributed by atoms with Gasteiger partial charge in [0.25, 0.3) is 6.71 Å². The maximum absolute atomic E-state index is 7.50. The molecule has 6 heteroatoms. The summed E-state index contributed by atoms with van der Waals surface area (Å²) in [6, 6.07) is 78.6. The maximum Gasteiger partial charge on any atom is 0.253 e. The third kappa shape index (κ3) is 6.24. The highest BCUT2D eigenvalue weighted by Crippen LogP contribution is 2.63. The van der Waals surface area contributed by atoms with Gasteiger partial charge in [-0.05, 0) is 117 Å². The Morgan fingerprint density at radius 1 is 0.386 bits per heavy atom. The molecular formula is C77H66BN3O2. The second-order valence-corrected chi connectivity index (χ2v) is 27.0. The Bertz CT molecular complexity index is 4480. The summed E-state index contributed by atoms with van der Waals surface area (Å²) in [7, 11) is 0. The lowest BCUT2D eigenvalue weighted by molar-refractivity contribution is 0.195. The number of furan rings is 2. The number of hydrogen-bond acceptors (Lipinski definition) is 5. The molecule has 2 atom stereocenters. The van der Waals surface area contributed by atoms with E-state index >= 15 is 0 Å². The molecule has 6 heterocycles. The number of nitrogens with zero attached hydrogens (tertiary/aromatic N) is 3. The van der Waals surface area contributed by atoms with Crippen LogP contribution in [0.3, 0.4) is 0 Å². The molecule has 17 rings (SSSR count). The van der Waals surface area contributed by atoms with Crippen LogP contribution in [0.4, 0.5) is 45.5 Å². The van der Waals surface area contributed by atoms with Gasteiger partial charge in [0.15, 0.2) is 11.2 Å². The van der Waals surface area contributed by atoms with Crippen LogP contribution >= 0.6 is 0 Å². The fourth-order valence-corrected chi connectivity index (χ4v) is 16.9. The van der Waals surface area contributed by atoms with E-state index in [4.69, 9.17) is 8.83 Å². The molecule has 0 bridgehead atoms. The number of para-hydroxylation sites is 5. The van der Waals surface area contributed by atoms with Gasteiger partial charge in [-0.25, -0.2) is 0 Å². The minimum atomic E-state index is -0.707. The van der Waals surface area contributed by atoms with Gasteiger partial charge in [-0.1, -0.05) is 225 Å². The molecule has 0 radical (unpaired) electrons. The third-order valence-corrected chi connectivity index (χ3v) is 20.7. The van der Waals surface area contributed by atoms with Crippen molar-refractivity contribution in [3.8, 4) is 0 Å². The average molecular weight is 1080 g/mol. The van der Waals surface area contributed by atoms with Crippen LogP contribution in [0.2, 0.25) is 0 Å². The summed E-state index contributed by atoms with van der Waals surface area (Å²) in [6.45, 7) is 18.7. The molecule has 0 spiro atoms. The lowest BCUT2D eigenvalue weighted by Crippen LogP contribution is -2.68. The summed E-state index contributed by atoms with van der Waals surface area (Å²) < 4.78 is 15.0. The number of anilines is 8. The Kier molecular flexibility index (Phi) is 9.86. The van der Waals surface area contributed by atoms with E-state index in [0.29, 0.717) is 0 Å². The number of rotatable bonds is 5. The maximum atomic E-state index is 7.50. The predicted octanol–water partition coefficient (Wildman–Crippen LogP) is 18.6. The standard InChI is InChI=1S/C77H66BN3O2/c1-73(2,3)57-36-19-29-50-52-31-21-41-62(71(52)82-69(50)57)79-60-39-23-34-55-66(60)78-67-56(77(55,47-25-11-9-12-26-47)48-27-13-10-14-28-48)35-24-40-61(67)80(63-42-22-32-53-51-30-20-37-58(74(4,5)6)70(51)83-72(53)63)65-46-49(45-64(79)68(65)78)81-59-38-16-15-33-54(59)75(7)43-17-18-44-76(75,81)8/h9-16,19-42,45-46H,17-18,43-44H2,1-8H3. The molecule has 83 heavy (non-hydrogen) atoms. The third-order valence-electron chi connectivity index (χ3n) is 20.7. The second kappa shape index (κ2) is 16.7. The van der Waals surface area contributed by atoms with Gasteiger partial charge in [0.05, 0.1) is 22.3 Å². The lowest BCUT2D eigenvalue weighted by atomic mass is 9.28. The van der Waals surface area contributed by atoms with Gasteiger partial charge in [-0.2, -0.15) is 0 Å². The van der Waals surface area contributed by atoms with Crippen molar-refractivity contribution in [1.29, 1.82) is 0 Å². The van der Waals surface area contributed by atoms with E-state index in [9.17, 15) is 0 Å². The summed E-state index contributed by atoms with van der Waals surface area (Å²) in [4.78, 5) is 8.02. The van der Waals surface area contributed by atoms with Crippen LogP contribution < -0.4 is 31.1 Å². The lowest BCUT2D eigenvalue weighted by Gasteiger charge is -2.53. The van der Waals surface area contributed by atoms with Crippen LogP contribution in [0.1, 0.15) is 120 Å². The highest BCUT2D eigenvalue weighted by atomic mass is 16.3. The monoisotopic (exact) mass is 1080 g/mol. The molecule has 2 aromatic heterocycles. The smallest absolute Gasteiger partial charge is 0.253 e. The van der Waals surface area contributed by atoms with Crippen molar-refractivity contribution >= 4 is 112 Å². The Morgan fingerprint density at radius 3 is 1.30 bits per heavy atom. The highest BCUT2D eigenvalue weighted by Gasteiger charge is 2.59. The average Bonchev–Trinajstić information content (AvgIpc) is 3.38. The van der Waals surface area contributed by atoms with E-state index in [0.717, 1.165) is 79.5 Å². The molecule has 0 amide bonds. The summed E-state index contributed by atoms with van der Waals surface area (Å²) in [6.07, 6.45) is 4.63. The van der Waals surface area contributed by atoms with E-state index in [1.54, 1.807) is 0 Å². The van der Waals surface area contributed by atoms with Gasteiger partial charge >= 0.3 is 0 Å².